The number of cyclic esters (lactones) is 1. The normalized spacial score (nSPS) is 19.8. The lowest BCUT2D eigenvalue weighted by molar-refractivity contribution is -0.144. The van der Waals surface area contributed by atoms with Gasteiger partial charge in [-0.05, 0) is 43.2 Å². The molecule has 2 aromatic rings. The summed E-state index contributed by atoms with van der Waals surface area (Å²) in [6.45, 7) is 1.89. The first-order valence-electron chi connectivity index (χ1n) is 9.69. The molecule has 9 heteroatoms. The second-order valence-corrected chi connectivity index (χ2v) is 7.76. The second kappa shape index (κ2) is 8.11. The maximum Gasteiger partial charge on any atom is 0.344 e. The summed E-state index contributed by atoms with van der Waals surface area (Å²) in [6, 6.07) is 7.73. The van der Waals surface area contributed by atoms with Crippen molar-refractivity contribution in [3.05, 3.63) is 52.0 Å². The number of likely N-dealkylation sites (tertiary alicyclic amines) is 1. The molecule has 2 unspecified atom stereocenters. The maximum absolute atomic E-state index is 13.0. The van der Waals surface area contributed by atoms with Crippen molar-refractivity contribution in [3.8, 4) is 11.5 Å². The van der Waals surface area contributed by atoms with Gasteiger partial charge in [-0.25, -0.2) is 4.79 Å². The van der Waals surface area contributed by atoms with Crippen molar-refractivity contribution in [2.24, 2.45) is 0 Å². The predicted molar refractivity (Wildman–Crippen MR) is 112 cm³/mol. The van der Waals surface area contributed by atoms with Crippen LogP contribution in [0.15, 0.2) is 30.3 Å². The van der Waals surface area contributed by atoms with E-state index in [9.17, 15) is 14.4 Å². The third kappa shape index (κ3) is 3.57. The molecule has 2 heterocycles. The molecule has 4 rings (SSSR count). The van der Waals surface area contributed by atoms with Crippen LogP contribution in [0.3, 0.4) is 0 Å². The molecule has 2 atom stereocenters. The largest absolute Gasteiger partial charge is 0.493 e. The van der Waals surface area contributed by atoms with E-state index in [2.05, 4.69) is 5.32 Å². The highest BCUT2D eigenvalue weighted by Gasteiger charge is 2.47. The number of hydrogen-bond donors (Lipinski definition) is 1. The van der Waals surface area contributed by atoms with E-state index in [0.717, 1.165) is 5.56 Å². The first kappa shape index (κ1) is 21.0. The van der Waals surface area contributed by atoms with Gasteiger partial charge >= 0.3 is 5.97 Å². The van der Waals surface area contributed by atoms with Crippen molar-refractivity contribution < 1.29 is 28.6 Å². The molecule has 1 N–H and O–H groups in total. The van der Waals surface area contributed by atoms with Crippen LogP contribution in [-0.4, -0.2) is 42.9 Å². The number of amides is 2. The van der Waals surface area contributed by atoms with E-state index in [-0.39, 0.29) is 23.6 Å². The Balaban J connectivity index is 1.65. The van der Waals surface area contributed by atoms with E-state index in [1.807, 2.05) is 13.0 Å². The minimum absolute atomic E-state index is 0.163. The summed E-state index contributed by atoms with van der Waals surface area (Å²) in [4.78, 5) is 39.7. The van der Waals surface area contributed by atoms with Crippen LogP contribution >= 0.6 is 11.6 Å². The zero-order valence-electron chi connectivity index (χ0n) is 17.2. The van der Waals surface area contributed by atoms with Crippen LogP contribution in [0.1, 0.15) is 40.6 Å². The number of hydrogen-bond acceptors (Lipinski definition) is 6. The van der Waals surface area contributed by atoms with E-state index in [1.165, 1.54) is 19.1 Å². The van der Waals surface area contributed by atoms with Crippen molar-refractivity contribution in [1.82, 2.24) is 4.90 Å². The van der Waals surface area contributed by atoms with Crippen molar-refractivity contribution in [2.45, 2.75) is 32.0 Å². The number of esters is 1. The van der Waals surface area contributed by atoms with Crippen LogP contribution in [-0.2, 0) is 14.3 Å². The molecule has 1 saturated heterocycles. The Morgan fingerprint density at radius 1 is 1.19 bits per heavy atom. The molecule has 0 aromatic heterocycles. The van der Waals surface area contributed by atoms with E-state index in [0.29, 0.717) is 28.4 Å². The van der Waals surface area contributed by atoms with Gasteiger partial charge in [0, 0.05) is 12.0 Å². The van der Waals surface area contributed by atoms with Gasteiger partial charge in [-0.15, -0.1) is 0 Å². The molecule has 0 saturated carbocycles. The molecule has 0 spiro atoms. The lowest BCUT2D eigenvalue weighted by Gasteiger charge is -2.29. The number of anilines is 1. The third-order valence-electron chi connectivity index (χ3n) is 5.46. The van der Waals surface area contributed by atoms with Crippen LogP contribution in [0.2, 0.25) is 5.02 Å². The van der Waals surface area contributed by atoms with Crippen LogP contribution in [0.25, 0.3) is 0 Å². The van der Waals surface area contributed by atoms with E-state index >= 15 is 0 Å². The van der Waals surface area contributed by atoms with Gasteiger partial charge in [0.25, 0.3) is 0 Å². The predicted octanol–water partition coefficient (Wildman–Crippen LogP) is 3.46. The summed E-state index contributed by atoms with van der Waals surface area (Å²) in [5.74, 6) is -0.727. The zero-order chi connectivity index (χ0) is 22.3. The van der Waals surface area contributed by atoms with Crippen LogP contribution in [0, 0.1) is 6.92 Å². The second-order valence-electron chi connectivity index (χ2n) is 7.35. The molecule has 2 aliphatic heterocycles. The van der Waals surface area contributed by atoms with Gasteiger partial charge in [-0.1, -0.05) is 17.7 Å². The highest BCUT2D eigenvalue weighted by atomic mass is 35.5. The molecule has 2 aromatic carbocycles. The van der Waals surface area contributed by atoms with Crippen LogP contribution in [0.5, 0.6) is 11.5 Å². The minimum Gasteiger partial charge on any atom is -0.493 e. The van der Waals surface area contributed by atoms with Gasteiger partial charge in [0.15, 0.2) is 11.5 Å². The lowest BCUT2D eigenvalue weighted by Crippen LogP contribution is -2.43. The van der Waals surface area contributed by atoms with E-state index in [1.54, 1.807) is 24.3 Å². The molecular weight excluding hydrogens is 424 g/mol. The molecular formula is C22H21ClN2O6. The summed E-state index contributed by atoms with van der Waals surface area (Å²) >= 11 is 6.23. The van der Waals surface area contributed by atoms with Crippen molar-refractivity contribution >= 4 is 35.1 Å². The number of benzene rings is 2. The highest BCUT2D eigenvalue weighted by molar-refractivity contribution is 6.33. The van der Waals surface area contributed by atoms with Crippen molar-refractivity contribution in [1.29, 1.82) is 0 Å². The Labute approximate surface area is 184 Å². The Hall–Kier alpha value is -3.26. The molecule has 1 fully saturated rings. The molecule has 2 amide bonds. The average Bonchev–Trinajstić information content (AvgIpc) is 3.29. The first-order chi connectivity index (χ1) is 14.8. The van der Waals surface area contributed by atoms with Gasteiger partial charge in [-0.2, -0.15) is 0 Å². The number of ether oxygens (including phenoxy) is 3. The standard InChI is InChI=1S/C22H21ClN2O6/c1-11-4-6-14(13(23)10-11)24-20(27)15-7-9-17(26)25(15)21-12-5-8-16(29-2)19(30-3)18(12)22(28)31-21/h4-6,8,10,15,21H,7,9H2,1-3H3,(H,24,27). The van der Waals surface area contributed by atoms with Gasteiger partial charge in [0.05, 0.1) is 24.9 Å². The Bertz CT molecular complexity index is 1090. The first-order valence-corrected chi connectivity index (χ1v) is 10.1. The third-order valence-corrected chi connectivity index (χ3v) is 5.77. The molecule has 2 aliphatic rings. The fourth-order valence-corrected chi connectivity index (χ4v) is 4.26. The van der Waals surface area contributed by atoms with Gasteiger partial charge < -0.3 is 19.5 Å². The molecule has 162 valence electrons. The van der Waals surface area contributed by atoms with Gasteiger partial charge in [0.2, 0.25) is 18.0 Å². The van der Waals surface area contributed by atoms with E-state index < -0.39 is 24.1 Å². The summed E-state index contributed by atoms with van der Waals surface area (Å²) in [7, 11) is 2.88. The van der Waals surface area contributed by atoms with Gasteiger partial charge in [0.1, 0.15) is 11.6 Å². The fraction of sp³-hybridized carbons (Fsp3) is 0.318. The van der Waals surface area contributed by atoms with Crippen molar-refractivity contribution in [2.75, 3.05) is 19.5 Å². The smallest absolute Gasteiger partial charge is 0.344 e. The average molecular weight is 445 g/mol. The number of nitrogens with zero attached hydrogens (tertiary/aromatic N) is 1. The van der Waals surface area contributed by atoms with E-state index in [4.69, 9.17) is 25.8 Å². The van der Waals surface area contributed by atoms with Crippen LogP contribution in [0.4, 0.5) is 5.69 Å². The fourth-order valence-electron chi connectivity index (χ4n) is 3.98. The number of methoxy groups -OCH3 is 2. The van der Waals surface area contributed by atoms with Gasteiger partial charge in [-0.3, -0.25) is 14.5 Å². The number of fused-ring (bicyclic) bond motifs is 1. The topological polar surface area (TPSA) is 94.2 Å². The van der Waals surface area contributed by atoms with Crippen LogP contribution < -0.4 is 14.8 Å². The summed E-state index contributed by atoms with van der Waals surface area (Å²) < 4.78 is 16.1. The quantitative estimate of drug-likeness (QED) is 0.710. The number of nitrogens with one attached hydrogen (secondary N) is 1. The maximum atomic E-state index is 13.0. The Morgan fingerprint density at radius 2 is 1.97 bits per heavy atom. The number of rotatable bonds is 5. The minimum atomic E-state index is -1.03. The zero-order valence-corrected chi connectivity index (χ0v) is 18.0. The molecule has 8 nitrogen and oxygen atoms in total. The number of carbonyl (C=O) groups is 3. The number of carbonyl (C=O) groups excluding carboxylic acids is 3. The molecule has 31 heavy (non-hydrogen) atoms. The highest BCUT2D eigenvalue weighted by Crippen LogP contribution is 2.45. The molecule has 0 aliphatic carbocycles. The summed E-state index contributed by atoms with van der Waals surface area (Å²) in [5.41, 5.74) is 2.04. The number of aryl methyl sites for hydroxylation is 1. The summed E-state index contributed by atoms with van der Waals surface area (Å²) in [6.07, 6.45) is -0.567. The number of halogens is 1. The molecule has 0 radical (unpaired) electrons. The Morgan fingerprint density at radius 3 is 2.65 bits per heavy atom. The lowest BCUT2D eigenvalue weighted by atomic mass is 10.0. The Kier molecular flexibility index (Phi) is 5.49. The monoisotopic (exact) mass is 444 g/mol. The van der Waals surface area contributed by atoms with Crippen molar-refractivity contribution in [3.63, 3.8) is 0 Å². The summed E-state index contributed by atoms with van der Waals surface area (Å²) in [5, 5.41) is 3.18. The SMILES string of the molecule is COc1ccc2c(c1OC)C(=O)OC2N1C(=O)CCC1C(=O)Nc1ccc(C)cc1Cl. The molecule has 0 bridgehead atoms.